The molecule has 8 heteroatoms. The molecule has 25 heavy (non-hydrogen) atoms. The molecule has 1 aliphatic rings. The van der Waals surface area contributed by atoms with Gasteiger partial charge in [-0.25, -0.2) is 0 Å². The lowest BCUT2D eigenvalue weighted by atomic mass is 10.1. The van der Waals surface area contributed by atoms with Crippen LogP contribution in [0, 0.1) is 17.8 Å². The number of rotatable bonds is 6. The van der Waals surface area contributed by atoms with Gasteiger partial charge < -0.3 is 10.6 Å². The summed E-state index contributed by atoms with van der Waals surface area (Å²) in [5.74, 6) is -1.20. The quantitative estimate of drug-likeness (QED) is 0.785. The van der Waals surface area contributed by atoms with E-state index in [2.05, 4.69) is 10.6 Å². The van der Waals surface area contributed by atoms with Crippen molar-refractivity contribution in [3.05, 3.63) is 28.8 Å². The van der Waals surface area contributed by atoms with Crippen molar-refractivity contribution in [2.75, 3.05) is 11.9 Å². The Bertz CT molecular complexity index is 662. The molecule has 1 fully saturated rings. The van der Waals surface area contributed by atoms with Gasteiger partial charge in [0.15, 0.2) is 0 Å². The first kappa shape index (κ1) is 19.6. The van der Waals surface area contributed by atoms with Gasteiger partial charge in [0.1, 0.15) is 0 Å². The van der Waals surface area contributed by atoms with Crippen molar-refractivity contribution in [3.8, 4) is 0 Å². The van der Waals surface area contributed by atoms with Gasteiger partial charge in [-0.3, -0.25) is 9.59 Å². The predicted octanol–water partition coefficient (Wildman–Crippen LogP) is 4.10. The van der Waals surface area contributed by atoms with E-state index in [1.54, 1.807) is 0 Å². The number of halogens is 4. The Morgan fingerprint density at radius 1 is 1.24 bits per heavy atom. The smallest absolute Gasteiger partial charge is 0.356 e. The average molecular weight is 377 g/mol. The molecule has 0 radical (unpaired) electrons. The molecule has 2 rings (SSSR count). The second kappa shape index (κ2) is 7.64. The molecular formula is C17H20ClF3N2O2. The molecule has 1 aliphatic carbocycles. The van der Waals surface area contributed by atoms with E-state index in [1.807, 2.05) is 13.8 Å². The maximum absolute atomic E-state index is 12.7. The molecule has 1 aromatic rings. The number of carbonyl (C=O) groups is 2. The first-order chi connectivity index (χ1) is 11.6. The summed E-state index contributed by atoms with van der Waals surface area (Å²) in [6.45, 7) is 4.62. The second-order valence-corrected chi connectivity index (χ2v) is 7.01. The molecule has 0 aromatic heterocycles. The molecule has 0 heterocycles. The van der Waals surface area contributed by atoms with E-state index in [1.165, 1.54) is 0 Å². The number of nitrogens with one attached hydrogen (secondary N) is 2. The summed E-state index contributed by atoms with van der Waals surface area (Å²) >= 11 is 5.85. The van der Waals surface area contributed by atoms with Crippen LogP contribution in [0.2, 0.25) is 5.02 Å². The van der Waals surface area contributed by atoms with Crippen LogP contribution < -0.4 is 10.6 Å². The average Bonchev–Trinajstić information content (AvgIpc) is 3.28. The van der Waals surface area contributed by atoms with Gasteiger partial charge in [0.05, 0.1) is 28.1 Å². The molecule has 2 unspecified atom stereocenters. The van der Waals surface area contributed by atoms with E-state index < -0.39 is 29.5 Å². The number of hydrogen-bond acceptors (Lipinski definition) is 2. The molecule has 2 N–H and O–H groups in total. The van der Waals surface area contributed by atoms with E-state index in [0.29, 0.717) is 18.9 Å². The standard InChI is InChI=1S/C17H20ClF3N2O2/c1-9(2)5-6-22-15(24)11-8-12(11)16(25)23-14-7-10(17(19,20)21)3-4-13(14)18/h3-4,7,9,11-12H,5-6,8H2,1-2H3,(H,22,24)(H,23,25). The van der Waals surface area contributed by atoms with Crippen LogP contribution in [0.1, 0.15) is 32.3 Å². The number of benzene rings is 1. The predicted molar refractivity (Wildman–Crippen MR) is 89.1 cm³/mol. The summed E-state index contributed by atoms with van der Waals surface area (Å²) in [5.41, 5.74) is -1.00. The Morgan fingerprint density at radius 2 is 1.88 bits per heavy atom. The van der Waals surface area contributed by atoms with Gasteiger partial charge in [-0.1, -0.05) is 25.4 Å². The highest BCUT2D eigenvalue weighted by atomic mass is 35.5. The Kier molecular flexibility index (Phi) is 5.98. The SMILES string of the molecule is CC(C)CCNC(=O)C1CC1C(=O)Nc1cc(C(F)(F)F)ccc1Cl. The molecule has 2 atom stereocenters. The number of amides is 2. The fraction of sp³-hybridized carbons (Fsp3) is 0.529. The molecule has 0 aliphatic heterocycles. The molecule has 138 valence electrons. The molecule has 0 bridgehead atoms. The fourth-order valence-corrected chi connectivity index (χ4v) is 2.58. The highest BCUT2D eigenvalue weighted by molar-refractivity contribution is 6.33. The van der Waals surface area contributed by atoms with Crippen molar-refractivity contribution >= 4 is 29.1 Å². The van der Waals surface area contributed by atoms with E-state index in [4.69, 9.17) is 11.6 Å². The Balaban J connectivity index is 1.92. The minimum absolute atomic E-state index is 0.0138. The van der Waals surface area contributed by atoms with Crippen LogP contribution in [0.5, 0.6) is 0 Å². The summed E-state index contributed by atoms with van der Waals surface area (Å²) in [4.78, 5) is 24.1. The zero-order chi connectivity index (χ0) is 18.8. The Morgan fingerprint density at radius 3 is 2.48 bits per heavy atom. The van der Waals surface area contributed by atoms with Crippen molar-refractivity contribution in [2.24, 2.45) is 17.8 Å². The van der Waals surface area contributed by atoms with Gasteiger partial charge >= 0.3 is 6.18 Å². The van der Waals surface area contributed by atoms with Crippen molar-refractivity contribution < 1.29 is 22.8 Å². The largest absolute Gasteiger partial charge is 0.416 e. The summed E-state index contributed by atoms with van der Waals surface area (Å²) in [6.07, 6.45) is -3.30. The molecular weight excluding hydrogens is 357 g/mol. The van der Waals surface area contributed by atoms with E-state index in [-0.39, 0.29) is 16.6 Å². The van der Waals surface area contributed by atoms with Gasteiger partial charge in [-0.15, -0.1) is 0 Å². The van der Waals surface area contributed by atoms with Crippen LogP contribution in [0.15, 0.2) is 18.2 Å². The van der Waals surface area contributed by atoms with Gasteiger partial charge in [-0.05, 0) is 37.0 Å². The van der Waals surface area contributed by atoms with Crippen LogP contribution >= 0.6 is 11.6 Å². The maximum atomic E-state index is 12.7. The highest BCUT2D eigenvalue weighted by Crippen LogP contribution is 2.40. The zero-order valence-corrected chi connectivity index (χ0v) is 14.7. The number of carbonyl (C=O) groups excluding carboxylic acids is 2. The van der Waals surface area contributed by atoms with Gasteiger partial charge in [0, 0.05) is 6.54 Å². The van der Waals surface area contributed by atoms with Crippen LogP contribution in [-0.2, 0) is 15.8 Å². The third kappa shape index (κ3) is 5.36. The molecule has 0 saturated heterocycles. The summed E-state index contributed by atoms with van der Waals surface area (Å²) < 4.78 is 38.2. The number of hydrogen-bond donors (Lipinski definition) is 2. The first-order valence-electron chi connectivity index (χ1n) is 8.05. The van der Waals surface area contributed by atoms with E-state index in [0.717, 1.165) is 24.6 Å². The molecule has 0 spiro atoms. The lowest BCUT2D eigenvalue weighted by Gasteiger charge is -2.11. The van der Waals surface area contributed by atoms with Gasteiger partial charge in [-0.2, -0.15) is 13.2 Å². The normalized spacial score (nSPS) is 19.6. The molecule has 4 nitrogen and oxygen atoms in total. The van der Waals surface area contributed by atoms with Crippen LogP contribution in [-0.4, -0.2) is 18.4 Å². The Labute approximate surface area is 149 Å². The summed E-state index contributed by atoms with van der Waals surface area (Å²) in [6, 6.07) is 2.73. The van der Waals surface area contributed by atoms with Crippen LogP contribution in [0.25, 0.3) is 0 Å². The topological polar surface area (TPSA) is 58.2 Å². The molecule has 1 aromatic carbocycles. The van der Waals surface area contributed by atoms with Gasteiger partial charge in [0.2, 0.25) is 11.8 Å². The maximum Gasteiger partial charge on any atom is 0.416 e. The number of alkyl halides is 3. The Hall–Kier alpha value is -1.76. The third-order valence-electron chi connectivity index (χ3n) is 4.04. The van der Waals surface area contributed by atoms with Crippen molar-refractivity contribution in [1.29, 1.82) is 0 Å². The van der Waals surface area contributed by atoms with E-state index >= 15 is 0 Å². The lowest BCUT2D eigenvalue weighted by Crippen LogP contribution is -2.28. The fourth-order valence-electron chi connectivity index (χ4n) is 2.41. The van der Waals surface area contributed by atoms with Crippen LogP contribution in [0.3, 0.4) is 0 Å². The van der Waals surface area contributed by atoms with Crippen molar-refractivity contribution in [3.63, 3.8) is 0 Å². The first-order valence-corrected chi connectivity index (χ1v) is 8.42. The highest BCUT2D eigenvalue weighted by Gasteiger charge is 2.48. The zero-order valence-electron chi connectivity index (χ0n) is 13.9. The molecule has 1 saturated carbocycles. The van der Waals surface area contributed by atoms with Gasteiger partial charge in [0.25, 0.3) is 0 Å². The second-order valence-electron chi connectivity index (χ2n) is 6.60. The lowest BCUT2D eigenvalue weighted by molar-refractivity contribution is -0.137. The molecule has 2 amide bonds. The summed E-state index contributed by atoms with van der Waals surface area (Å²) in [5, 5.41) is 5.18. The van der Waals surface area contributed by atoms with Crippen molar-refractivity contribution in [1.82, 2.24) is 5.32 Å². The number of anilines is 1. The van der Waals surface area contributed by atoms with Crippen LogP contribution in [0.4, 0.5) is 18.9 Å². The summed E-state index contributed by atoms with van der Waals surface area (Å²) in [7, 11) is 0. The minimum atomic E-state index is -4.53. The third-order valence-corrected chi connectivity index (χ3v) is 4.37. The monoisotopic (exact) mass is 376 g/mol. The minimum Gasteiger partial charge on any atom is -0.356 e. The van der Waals surface area contributed by atoms with Crippen molar-refractivity contribution in [2.45, 2.75) is 32.9 Å². The van der Waals surface area contributed by atoms with E-state index in [9.17, 15) is 22.8 Å².